The van der Waals surface area contributed by atoms with E-state index in [-0.39, 0.29) is 30.9 Å². The zero-order valence-electron chi connectivity index (χ0n) is 15.3. The van der Waals surface area contributed by atoms with Crippen molar-refractivity contribution in [3.63, 3.8) is 0 Å². The van der Waals surface area contributed by atoms with Gasteiger partial charge in [-0.15, -0.1) is 0 Å². The predicted octanol–water partition coefficient (Wildman–Crippen LogP) is 3.40. The lowest BCUT2D eigenvalue weighted by atomic mass is 10.1. The lowest BCUT2D eigenvalue weighted by Crippen LogP contribution is -2.39. The van der Waals surface area contributed by atoms with Gasteiger partial charge in [0.1, 0.15) is 0 Å². The van der Waals surface area contributed by atoms with Crippen LogP contribution in [0.4, 0.5) is 5.69 Å². The molecule has 0 aromatic heterocycles. The van der Waals surface area contributed by atoms with Crippen LogP contribution in [-0.2, 0) is 9.59 Å². The number of benzene rings is 2. The summed E-state index contributed by atoms with van der Waals surface area (Å²) in [4.78, 5) is 25.9. The van der Waals surface area contributed by atoms with Crippen LogP contribution in [-0.4, -0.2) is 36.9 Å². The summed E-state index contributed by atoms with van der Waals surface area (Å²) in [6.07, 6.45) is 0. The number of nitrogens with zero attached hydrogens (tertiary/aromatic N) is 1. The van der Waals surface area contributed by atoms with E-state index in [0.717, 1.165) is 16.8 Å². The first kappa shape index (κ1) is 19.9. The maximum absolute atomic E-state index is 12.2. The van der Waals surface area contributed by atoms with Gasteiger partial charge in [-0.2, -0.15) is 0 Å². The fourth-order valence-corrected chi connectivity index (χ4v) is 2.87. The molecule has 2 N–H and O–H groups in total. The molecule has 0 fully saturated rings. The number of anilines is 1. The van der Waals surface area contributed by atoms with Gasteiger partial charge in [-0.3, -0.25) is 14.5 Å². The highest BCUT2D eigenvalue weighted by Crippen LogP contribution is 2.21. The third-order valence-electron chi connectivity index (χ3n) is 3.91. The summed E-state index contributed by atoms with van der Waals surface area (Å²) in [5, 5.41) is 6.33. The van der Waals surface area contributed by atoms with Crippen LogP contribution >= 0.6 is 11.6 Å². The number of amides is 2. The van der Waals surface area contributed by atoms with Crippen LogP contribution in [0.15, 0.2) is 48.5 Å². The van der Waals surface area contributed by atoms with E-state index in [2.05, 4.69) is 10.6 Å². The summed E-state index contributed by atoms with van der Waals surface area (Å²) in [5.41, 5.74) is 2.73. The van der Waals surface area contributed by atoms with Crippen LogP contribution < -0.4 is 10.6 Å². The molecule has 0 radical (unpaired) electrons. The van der Waals surface area contributed by atoms with Crippen molar-refractivity contribution >= 4 is 29.1 Å². The topological polar surface area (TPSA) is 61.4 Å². The van der Waals surface area contributed by atoms with Gasteiger partial charge >= 0.3 is 0 Å². The molecule has 0 heterocycles. The van der Waals surface area contributed by atoms with Crippen molar-refractivity contribution in [2.24, 2.45) is 0 Å². The van der Waals surface area contributed by atoms with E-state index in [9.17, 15) is 9.59 Å². The van der Waals surface area contributed by atoms with Gasteiger partial charge in [0.05, 0.1) is 19.1 Å². The first-order valence-electron chi connectivity index (χ1n) is 8.44. The number of likely N-dealkylation sites (N-methyl/N-ethyl adjacent to an activating group) is 1. The van der Waals surface area contributed by atoms with Crippen molar-refractivity contribution in [3.05, 3.63) is 64.7 Å². The van der Waals surface area contributed by atoms with Gasteiger partial charge in [0, 0.05) is 10.7 Å². The maximum Gasteiger partial charge on any atom is 0.238 e. The smallest absolute Gasteiger partial charge is 0.238 e. The van der Waals surface area contributed by atoms with Gasteiger partial charge in [0.2, 0.25) is 11.8 Å². The molecule has 0 aliphatic heterocycles. The lowest BCUT2D eigenvalue weighted by molar-refractivity contribution is -0.123. The molecule has 2 amide bonds. The fraction of sp³-hybridized carbons (Fsp3) is 0.300. The second-order valence-electron chi connectivity index (χ2n) is 6.40. The highest BCUT2D eigenvalue weighted by molar-refractivity contribution is 6.31. The zero-order chi connectivity index (χ0) is 19.1. The monoisotopic (exact) mass is 373 g/mol. The van der Waals surface area contributed by atoms with Crippen molar-refractivity contribution in [1.29, 1.82) is 0 Å². The number of hydrogen-bond acceptors (Lipinski definition) is 3. The Kier molecular flexibility index (Phi) is 7.18. The first-order valence-corrected chi connectivity index (χ1v) is 8.82. The fourth-order valence-electron chi connectivity index (χ4n) is 2.57. The number of carbonyl (C=O) groups is 2. The molecule has 0 unspecified atom stereocenters. The third kappa shape index (κ3) is 6.17. The number of carbonyl (C=O) groups excluding carboxylic acids is 2. The van der Waals surface area contributed by atoms with E-state index < -0.39 is 0 Å². The molecule has 1 atom stereocenters. The molecule has 0 aliphatic rings. The van der Waals surface area contributed by atoms with E-state index in [0.29, 0.717) is 5.02 Å². The molecular formula is C20H24ClN3O2. The van der Waals surface area contributed by atoms with Crippen LogP contribution in [0.3, 0.4) is 0 Å². The quantitative estimate of drug-likeness (QED) is 0.782. The van der Waals surface area contributed by atoms with Gasteiger partial charge in [0.15, 0.2) is 0 Å². The number of nitrogens with one attached hydrogen (secondary N) is 2. The highest BCUT2D eigenvalue weighted by atomic mass is 35.5. The average Bonchev–Trinajstić information content (AvgIpc) is 2.56. The van der Waals surface area contributed by atoms with E-state index >= 15 is 0 Å². The minimum absolute atomic E-state index is 0.121. The summed E-state index contributed by atoms with van der Waals surface area (Å²) in [6, 6.07) is 14.8. The van der Waals surface area contributed by atoms with Crippen LogP contribution in [0.1, 0.15) is 24.1 Å². The Labute approximate surface area is 159 Å². The van der Waals surface area contributed by atoms with E-state index in [1.807, 2.05) is 56.3 Å². The Balaban J connectivity index is 1.80. The van der Waals surface area contributed by atoms with Crippen LogP contribution in [0.2, 0.25) is 5.02 Å². The van der Waals surface area contributed by atoms with Crippen LogP contribution in [0, 0.1) is 6.92 Å². The Morgan fingerprint density at radius 2 is 1.65 bits per heavy atom. The summed E-state index contributed by atoms with van der Waals surface area (Å²) < 4.78 is 0. The summed E-state index contributed by atoms with van der Waals surface area (Å²) >= 11 is 6.15. The Bertz CT molecular complexity index is 762. The molecular weight excluding hydrogens is 350 g/mol. The number of rotatable bonds is 7. The second kappa shape index (κ2) is 9.36. The Morgan fingerprint density at radius 3 is 2.31 bits per heavy atom. The number of aryl methyl sites for hydroxylation is 1. The van der Waals surface area contributed by atoms with Crippen LogP contribution in [0.5, 0.6) is 0 Å². The van der Waals surface area contributed by atoms with Gasteiger partial charge in [-0.25, -0.2) is 0 Å². The largest absolute Gasteiger partial charge is 0.348 e. The van der Waals surface area contributed by atoms with Gasteiger partial charge in [-0.1, -0.05) is 47.5 Å². The molecule has 138 valence electrons. The molecule has 0 saturated heterocycles. The van der Waals surface area contributed by atoms with Crippen molar-refractivity contribution in [2.75, 3.05) is 25.5 Å². The lowest BCUT2D eigenvalue weighted by Gasteiger charge is -2.19. The van der Waals surface area contributed by atoms with Gasteiger partial charge in [0.25, 0.3) is 0 Å². The van der Waals surface area contributed by atoms with Crippen molar-refractivity contribution in [3.8, 4) is 0 Å². The minimum Gasteiger partial charge on any atom is -0.348 e. The molecule has 0 bridgehead atoms. The molecule has 6 heteroatoms. The first-order chi connectivity index (χ1) is 12.3. The number of halogens is 1. The second-order valence-corrected chi connectivity index (χ2v) is 6.80. The molecule has 0 spiro atoms. The summed E-state index contributed by atoms with van der Waals surface area (Å²) in [7, 11) is 1.73. The zero-order valence-corrected chi connectivity index (χ0v) is 16.0. The van der Waals surface area contributed by atoms with Crippen molar-refractivity contribution in [2.45, 2.75) is 19.9 Å². The standard InChI is InChI=1S/C20H24ClN3O2/c1-14-8-10-16(11-9-14)23-20(26)13-24(3)12-19(25)22-15(2)17-6-4-5-7-18(17)21/h4-11,15H,12-13H2,1-3H3,(H,22,25)(H,23,26)/t15-/m1/s1. The Morgan fingerprint density at radius 1 is 1.04 bits per heavy atom. The third-order valence-corrected chi connectivity index (χ3v) is 4.26. The normalized spacial score (nSPS) is 11.9. The van der Waals surface area contributed by atoms with Crippen LogP contribution in [0.25, 0.3) is 0 Å². The SMILES string of the molecule is Cc1ccc(NC(=O)CN(C)CC(=O)N[C@H](C)c2ccccc2Cl)cc1. The highest BCUT2D eigenvalue weighted by Gasteiger charge is 2.15. The average molecular weight is 374 g/mol. The van der Waals surface area contributed by atoms with Gasteiger partial charge in [-0.05, 0) is 44.7 Å². The molecule has 26 heavy (non-hydrogen) atoms. The van der Waals surface area contributed by atoms with Crippen molar-refractivity contribution < 1.29 is 9.59 Å². The molecule has 0 aliphatic carbocycles. The minimum atomic E-state index is -0.203. The molecule has 0 saturated carbocycles. The maximum atomic E-state index is 12.2. The molecule has 2 aromatic rings. The van der Waals surface area contributed by atoms with Gasteiger partial charge < -0.3 is 10.6 Å². The predicted molar refractivity (Wildman–Crippen MR) is 105 cm³/mol. The van der Waals surface area contributed by atoms with E-state index in [1.54, 1.807) is 18.0 Å². The Hall–Kier alpha value is -2.37. The van der Waals surface area contributed by atoms with E-state index in [4.69, 9.17) is 11.6 Å². The summed E-state index contributed by atoms with van der Waals surface area (Å²) in [5.74, 6) is -0.327. The summed E-state index contributed by atoms with van der Waals surface area (Å²) in [6.45, 7) is 4.11. The van der Waals surface area contributed by atoms with Crippen molar-refractivity contribution in [1.82, 2.24) is 10.2 Å². The molecule has 5 nitrogen and oxygen atoms in total. The molecule has 2 aromatic carbocycles. The molecule has 2 rings (SSSR count). The number of hydrogen-bond donors (Lipinski definition) is 2. The van der Waals surface area contributed by atoms with E-state index in [1.165, 1.54) is 0 Å².